The highest BCUT2D eigenvalue weighted by Gasteiger charge is 2.42. The van der Waals surface area contributed by atoms with Crippen molar-refractivity contribution in [1.82, 2.24) is 4.57 Å². The Balaban J connectivity index is 1.27. The van der Waals surface area contributed by atoms with E-state index in [-0.39, 0.29) is 12.1 Å². The van der Waals surface area contributed by atoms with Crippen LogP contribution in [0, 0.1) is 0 Å². The molecule has 230 valence electrons. The minimum absolute atomic E-state index is 0.0966. The number of para-hydroxylation sites is 5. The number of nitrogens with zero attached hydrogens (tertiary/aromatic N) is 2. The highest BCUT2D eigenvalue weighted by atomic mass is 15.2. The second kappa shape index (κ2) is 9.55. The minimum Gasteiger partial charge on any atom is -0.356 e. The molecule has 8 aromatic rings. The van der Waals surface area contributed by atoms with Gasteiger partial charge in [-0.3, -0.25) is 0 Å². The summed E-state index contributed by atoms with van der Waals surface area (Å²) in [4.78, 5) is 2.49. The SMILES string of the molecule is CC1(C)c2ccccc2N(c2cc3c4c(c2)-n2c5ccccc5c5cccc(c52)B4c2cccc(-c4ccccc4)c2N3)c2ccccc21. The first-order valence-electron chi connectivity index (χ1n) is 17.2. The molecule has 4 heteroatoms. The van der Waals surface area contributed by atoms with Crippen molar-refractivity contribution in [2.75, 3.05) is 10.2 Å². The van der Waals surface area contributed by atoms with E-state index in [0.717, 1.165) is 11.4 Å². The molecule has 0 spiro atoms. The summed E-state index contributed by atoms with van der Waals surface area (Å²) in [5, 5.41) is 6.65. The van der Waals surface area contributed by atoms with Crippen molar-refractivity contribution in [1.29, 1.82) is 0 Å². The lowest BCUT2D eigenvalue weighted by molar-refractivity contribution is 0.632. The van der Waals surface area contributed by atoms with Crippen molar-refractivity contribution < 1.29 is 0 Å². The molecule has 0 radical (unpaired) electrons. The lowest BCUT2D eigenvalue weighted by Gasteiger charge is -2.43. The third kappa shape index (κ3) is 3.48. The molecule has 0 unspecified atom stereocenters. The van der Waals surface area contributed by atoms with Crippen molar-refractivity contribution in [3.05, 3.63) is 163 Å². The van der Waals surface area contributed by atoms with Gasteiger partial charge in [0.15, 0.2) is 0 Å². The first kappa shape index (κ1) is 27.0. The van der Waals surface area contributed by atoms with E-state index >= 15 is 0 Å². The second-order valence-electron chi connectivity index (χ2n) is 14.2. The van der Waals surface area contributed by atoms with Crippen LogP contribution in [0.1, 0.15) is 25.0 Å². The molecular weight excluding hydrogens is 593 g/mol. The van der Waals surface area contributed by atoms with Crippen molar-refractivity contribution in [2.45, 2.75) is 19.3 Å². The number of hydrogen-bond donors (Lipinski definition) is 1. The quantitative estimate of drug-likeness (QED) is 0.193. The van der Waals surface area contributed by atoms with Crippen LogP contribution < -0.4 is 26.6 Å². The van der Waals surface area contributed by atoms with Crippen molar-refractivity contribution in [3.8, 4) is 16.8 Å². The van der Waals surface area contributed by atoms with Gasteiger partial charge in [0.1, 0.15) is 0 Å². The number of fused-ring (bicyclic) bond motifs is 9. The molecular formula is C45H32BN3. The lowest BCUT2D eigenvalue weighted by Crippen LogP contribution is -2.59. The molecule has 0 amide bonds. The van der Waals surface area contributed by atoms with Crippen LogP contribution in [-0.4, -0.2) is 11.3 Å². The van der Waals surface area contributed by atoms with Crippen LogP contribution in [0.5, 0.6) is 0 Å². The van der Waals surface area contributed by atoms with Crippen LogP contribution in [0.15, 0.2) is 152 Å². The summed E-state index contributed by atoms with van der Waals surface area (Å²) in [6.45, 7) is 4.80. The molecule has 0 fully saturated rings. The highest BCUT2D eigenvalue weighted by Crippen LogP contribution is 2.52. The Morgan fingerprint density at radius 3 is 2.02 bits per heavy atom. The molecule has 3 nitrogen and oxygen atoms in total. The number of rotatable bonds is 2. The van der Waals surface area contributed by atoms with E-state index in [1.807, 2.05) is 0 Å². The molecule has 3 aliphatic heterocycles. The van der Waals surface area contributed by atoms with Crippen LogP contribution in [0.2, 0.25) is 0 Å². The lowest BCUT2D eigenvalue weighted by atomic mass is 9.34. The van der Waals surface area contributed by atoms with E-state index < -0.39 is 0 Å². The fourth-order valence-corrected chi connectivity index (χ4v) is 9.24. The molecule has 4 heterocycles. The summed E-state index contributed by atoms with van der Waals surface area (Å²) in [6, 6.07) is 56.2. The topological polar surface area (TPSA) is 20.2 Å². The third-order valence-electron chi connectivity index (χ3n) is 11.4. The van der Waals surface area contributed by atoms with Crippen LogP contribution in [0.25, 0.3) is 38.6 Å². The maximum Gasteiger partial charge on any atom is 0.252 e. The van der Waals surface area contributed by atoms with Crippen LogP contribution in [-0.2, 0) is 5.41 Å². The number of nitrogens with one attached hydrogen (secondary N) is 1. The number of hydrogen-bond acceptors (Lipinski definition) is 2. The average molecular weight is 626 g/mol. The van der Waals surface area contributed by atoms with Gasteiger partial charge in [0.2, 0.25) is 0 Å². The van der Waals surface area contributed by atoms with Crippen molar-refractivity contribution in [2.24, 2.45) is 0 Å². The van der Waals surface area contributed by atoms with E-state index in [1.54, 1.807) is 0 Å². The average Bonchev–Trinajstić information content (AvgIpc) is 3.49. The Kier molecular flexibility index (Phi) is 5.26. The highest BCUT2D eigenvalue weighted by molar-refractivity contribution is 7.00. The molecule has 0 bridgehead atoms. The fourth-order valence-electron chi connectivity index (χ4n) is 9.24. The van der Waals surface area contributed by atoms with E-state index in [0.29, 0.717) is 0 Å². The molecule has 49 heavy (non-hydrogen) atoms. The van der Waals surface area contributed by atoms with Gasteiger partial charge in [-0.1, -0.05) is 135 Å². The Labute approximate surface area is 286 Å². The number of anilines is 5. The summed E-state index contributed by atoms with van der Waals surface area (Å²) < 4.78 is 2.54. The predicted molar refractivity (Wildman–Crippen MR) is 207 cm³/mol. The number of aromatic nitrogens is 1. The largest absolute Gasteiger partial charge is 0.356 e. The molecule has 11 rings (SSSR count). The minimum atomic E-state index is -0.124. The first-order chi connectivity index (χ1) is 24.1. The smallest absolute Gasteiger partial charge is 0.252 e. The first-order valence-corrected chi connectivity index (χ1v) is 17.2. The molecule has 7 aromatic carbocycles. The van der Waals surface area contributed by atoms with E-state index in [2.05, 4.69) is 180 Å². The van der Waals surface area contributed by atoms with E-state index in [4.69, 9.17) is 0 Å². The molecule has 0 saturated carbocycles. The monoisotopic (exact) mass is 625 g/mol. The maximum atomic E-state index is 4.05. The molecule has 0 saturated heterocycles. The van der Waals surface area contributed by atoms with E-state index in [9.17, 15) is 0 Å². The molecule has 1 aromatic heterocycles. The van der Waals surface area contributed by atoms with Gasteiger partial charge in [0.05, 0.1) is 22.6 Å². The van der Waals surface area contributed by atoms with Crippen molar-refractivity contribution >= 4 is 73.3 Å². The van der Waals surface area contributed by atoms with E-state index in [1.165, 1.54) is 83.2 Å². The molecule has 0 atom stereocenters. The summed E-state index contributed by atoms with van der Waals surface area (Å²) in [5.74, 6) is 0. The molecule has 3 aliphatic rings. The Morgan fingerprint density at radius 1 is 0.571 bits per heavy atom. The van der Waals surface area contributed by atoms with Gasteiger partial charge in [0.25, 0.3) is 6.71 Å². The zero-order valence-corrected chi connectivity index (χ0v) is 27.4. The zero-order chi connectivity index (χ0) is 32.4. The van der Waals surface area contributed by atoms with Crippen LogP contribution in [0.4, 0.5) is 28.4 Å². The second-order valence-corrected chi connectivity index (χ2v) is 14.2. The number of benzene rings is 7. The normalized spacial score (nSPS) is 14.6. The summed E-state index contributed by atoms with van der Waals surface area (Å²) in [5.41, 5.74) is 18.8. The Morgan fingerprint density at radius 2 is 1.22 bits per heavy atom. The molecule has 1 N–H and O–H groups in total. The fraction of sp³-hybridized carbons (Fsp3) is 0.0667. The van der Waals surface area contributed by atoms with Gasteiger partial charge < -0.3 is 14.8 Å². The van der Waals surface area contributed by atoms with Crippen LogP contribution >= 0.6 is 0 Å². The van der Waals surface area contributed by atoms with Crippen molar-refractivity contribution in [3.63, 3.8) is 0 Å². The maximum absolute atomic E-state index is 4.05. The predicted octanol–water partition coefficient (Wildman–Crippen LogP) is 9.45. The van der Waals surface area contributed by atoms with Crippen LogP contribution in [0.3, 0.4) is 0 Å². The van der Waals surface area contributed by atoms with Gasteiger partial charge in [0, 0.05) is 44.3 Å². The Hall–Kier alpha value is -6.00. The summed E-state index contributed by atoms with van der Waals surface area (Å²) >= 11 is 0. The van der Waals surface area contributed by atoms with Gasteiger partial charge in [-0.25, -0.2) is 0 Å². The zero-order valence-electron chi connectivity index (χ0n) is 27.4. The van der Waals surface area contributed by atoms with Gasteiger partial charge in [-0.15, -0.1) is 0 Å². The Bertz CT molecular complexity index is 2640. The van der Waals surface area contributed by atoms with Gasteiger partial charge in [-0.2, -0.15) is 0 Å². The van der Waals surface area contributed by atoms with Gasteiger partial charge >= 0.3 is 0 Å². The van der Waals surface area contributed by atoms with Gasteiger partial charge in [-0.05, 0) is 63.4 Å². The standard InChI is InChI=1S/C45H32BN3/c1-45(2)33-19-7-10-24-39(33)48(40-25-11-8-20-34(40)45)29-26-37-42-41(27-29)49-38-23-9-6-16-31(38)32-18-13-22-36(44(32)49)46(42)35-21-12-17-30(43(35)47-37)28-14-4-3-5-15-28/h3-27,47H,1-2H3. The summed E-state index contributed by atoms with van der Waals surface area (Å²) in [7, 11) is 0. The molecule has 0 aliphatic carbocycles. The third-order valence-corrected chi connectivity index (χ3v) is 11.4. The summed E-state index contributed by atoms with van der Waals surface area (Å²) in [6.07, 6.45) is 0.